The standard InChI is InChI=1S/C10H8N2.C2HF3O4S.Cu/c1-3-7-11-9(5-1)10-6-2-4-8-12-10;3-1(4)2(6)9-10(5,7)8;/h1-8H;1H;. The van der Waals surface area contributed by atoms with Crippen LogP contribution in [0, 0.1) is 0 Å². The van der Waals surface area contributed by atoms with Crippen LogP contribution in [0.1, 0.15) is 0 Å². The number of rotatable bonds is 3. The van der Waals surface area contributed by atoms with Crippen molar-refractivity contribution in [2.75, 3.05) is 0 Å². The molecule has 0 unspecified atom stereocenters. The van der Waals surface area contributed by atoms with Gasteiger partial charge in [0.15, 0.2) is 0 Å². The molecule has 0 bridgehead atoms. The number of pyridine rings is 2. The van der Waals surface area contributed by atoms with Crippen LogP contribution in [0.25, 0.3) is 11.4 Å². The summed E-state index contributed by atoms with van der Waals surface area (Å²) in [6, 6.07) is 11.6. The second-order valence-electron chi connectivity index (χ2n) is 3.53. The molecule has 2 aromatic heterocycles. The zero-order valence-electron chi connectivity index (χ0n) is 11.1. The topological polar surface area (TPSA) is 86.2 Å². The van der Waals surface area contributed by atoms with E-state index < -0.39 is 22.9 Å². The van der Waals surface area contributed by atoms with Crippen LogP contribution in [0.5, 0.6) is 0 Å². The minimum atomic E-state index is -5.60. The largest absolute Gasteiger partial charge is 0.491 e. The Kier molecular flexibility index (Phi) is 9.08. The molecule has 0 saturated carbocycles. The maximum Gasteiger partial charge on any atom is 0.491 e. The summed E-state index contributed by atoms with van der Waals surface area (Å²) in [5.74, 6) is -2.43. The summed E-state index contributed by atoms with van der Waals surface area (Å²) in [7, 11) is -5.60. The predicted molar refractivity (Wildman–Crippen MR) is 69.6 cm³/mol. The summed E-state index contributed by atoms with van der Waals surface area (Å²) in [5, 5.41) is 0. The first-order valence-corrected chi connectivity index (χ1v) is 6.89. The maximum absolute atomic E-state index is 11.2. The van der Waals surface area contributed by atoms with Crippen molar-refractivity contribution in [2.45, 2.75) is 6.43 Å². The summed E-state index contributed by atoms with van der Waals surface area (Å²) < 4.78 is 54.5. The predicted octanol–water partition coefficient (Wildman–Crippen LogP) is 2.15. The normalized spacial score (nSPS) is 10.1. The SMILES string of the molecule is O=C(OS(=O)(=O)F)C(F)F.[Cu].c1ccc(-c2ccccn2)nc1. The monoisotopic (exact) mass is 397 g/mol. The van der Waals surface area contributed by atoms with E-state index in [4.69, 9.17) is 0 Å². The summed E-state index contributed by atoms with van der Waals surface area (Å²) >= 11 is 0. The third kappa shape index (κ3) is 8.91. The zero-order chi connectivity index (χ0) is 16.6. The Balaban J connectivity index is 0.000000412. The van der Waals surface area contributed by atoms with Crippen LogP contribution in [0.15, 0.2) is 48.8 Å². The number of halogens is 3. The van der Waals surface area contributed by atoms with Gasteiger partial charge in [0.1, 0.15) is 0 Å². The van der Waals surface area contributed by atoms with E-state index in [0.717, 1.165) is 11.4 Å². The van der Waals surface area contributed by atoms with Crippen molar-refractivity contribution in [3.05, 3.63) is 48.8 Å². The number of nitrogens with zero attached hydrogens (tertiary/aromatic N) is 2. The van der Waals surface area contributed by atoms with Crippen molar-refractivity contribution in [1.29, 1.82) is 0 Å². The van der Waals surface area contributed by atoms with E-state index in [0.29, 0.717) is 0 Å². The van der Waals surface area contributed by atoms with Crippen molar-refractivity contribution in [3.63, 3.8) is 0 Å². The summed E-state index contributed by atoms with van der Waals surface area (Å²) in [6.07, 6.45) is -0.112. The van der Waals surface area contributed by atoms with Gasteiger partial charge in [-0.15, -0.1) is 0 Å². The molecule has 0 saturated heterocycles. The summed E-state index contributed by atoms with van der Waals surface area (Å²) in [4.78, 5) is 17.9. The molecule has 0 amide bonds. The fourth-order valence-corrected chi connectivity index (χ4v) is 1.43. The molecule has 2 aromatic rings. The number of carbonyl (C=O) groups is 1. The van der Waals surface area contributed by atoms with E-state index in [9.17, 15) is 25.9 Å². The molecule has 6 nitrogen and oxygen atoms in total. The van der Waals surface area contributed by atoms with Crippen molar-refractivity contribution < 1.29 is 47.1 Å². The van der Waals surface area contributed by atoms with Gasteiger partial charge in [0.05, 0.1) is 11.4 Å². The number of hydrogen-bond acceptors (Lipinski definition) is 6. The van der Waals surface area contributed by atoms with Gasteiger partial charge in [0.25, 0.3) is 0 Å². The Bertz CT molecular complexity index is 665. The second-order valence-corrected chi connectivity index (χ2v) is 4.48. The summed E-state index contributed by atoms with van der Waals surface area (Å²) in [6.45, 7) is 0. The van der Waals surface area contributed by atoms with Gasteiger partial charge in [0.2, 0.25) is 0 Å². The zero-order valence-corrected chi connectivity index (χ0v) is 12.8. The molecule has 0 aliphatic carbocycles. The van der Waals surface area contributed by atoms with Gasteiger partial charge >= 0.3 is 22.9 Å². The Labute approximate surface area is 140 Å². The minimum absolute atomic E-state index is 0. The molecule has 0 fully saturated rings. The van der Waals surface area contributed by atoms with E-state index in [1.54, 1.807) is 12.4 Å². The van der Waals surface area contributed by atoms with Crippen LogP contribution >= 0.6 is 0 Å². The fourth-order valence-electron chi connectivity index (χ4n) is 1.16. The minimum Gasteiger partial charge on any atom is -0.316 e. The molecule has 0 atom stereocenters. The number of carbonyl (C=O) groups excluding carboxylic acids is 1. The van der Waals surface area contributed by atoms with Crippen LogP contribution in [0.4, 0.5) is 12.7 Å². The number of hydrogen-bond donors (Lipinski definition) is 0. The average molecular weight is 398 g/mol. The first kappa shape index (κ1) is 21.0. The van der Waals surface area contributed by atoms with Crippen molar-refractivity contribution in [3.8, 4) is 11.4 Å². The second kappa shape index (κ2) is 9.93. The van der Waals surface area contributed by atoms with E-state index in [1.165, 1.54) is 0 Å². The number of alkyl halides is 2. The first-order chi connectivity index (χ1) is 10.3. The molecule has 129 valence electrons. The molecule has 1 radical (unpaired) electrons. The molecule has 0 aromatic carbocycles. The average Bonchev–Trinajstić information content (AvgIpc) is 2.48. The van der Waals surface area contributed by atoms with Gasteiger partial charge in [-0.3, -0.25) is 9.97 Å². The van der Waals surface area contributed by atoms with E-state index >= 15 is 0 Å². The summed E-state index contributed by atoms with van der Waals surface area (Å²) in [5.41, 5.74) is 1.83. The van der Waals surface area contributed by atoms with E-state index in [-0.39, 0.29) is 17.1 Å². The van der Waals surface area contributed by atoms with Gasteiger partial charge in [-0.05, 0) is 24.3 Å². The van der Waals surface area contributed by atoms with Gasteiger partial charge in [-0.1, -0.05) is 16.0 Å². The van der Waals surface area contributed by atoms with Crippen LogP contribution in [0.2, 0.25) is 0 Å². The fraction of sp³-hybridized carbons (Fsp3) is 0.0833. The van der Waals surface area contributed by atoms with Crippen LogP contribution in [0.3, 0.4) is 0 Å². The van der Waals surface area contributed by atoms with Crippen LogP contribution in [-0.2, 0) is 36.6 Å². The third-order valence-corrected chi connectivity index (χ3v) is 2.32. The van der Waals surface area contributed by atoms with Crippen LogP contribution < -0.4 is 0 Å². The van der Waals surface area contributed by atoms with Crippen molar-refractivity contribution in [1.82, 2.24) is 9.97 Å². The first-order valence-electron chi connectivity index (χ1n) is 5.58. The molecule has 0 aliphatic heterocycles. The Morgan fingerprint density at radius 1 is 1.00 bits per heavy atom. The quantitative estimate of drug-likeness (QED) is 0.582. The molecule has 0 N–H and O–H groups in total. The smallest absolute Gasteiger partial charge is 0.316 e. The van der Waals surface area contributed by atoms with E-state index in [1.807, 2.05) is 36.4 Å². The molecule has 2 heterocycles. The number of aromatic nitrogens is 2. The van der Waals surface area contributed by atoms with Gasteiger partial charge in [-0.25, -0.2) is 4.79 Å². The Morgan fingerprint density at radius 3 is 1.65 bits per heavy atom. The molecule has 0 spiro atoms. The van der Waals surface area contributed by atoms with Gasteiger partial charge in [0, 0.05) is 29.5 Å². The third-order valence-electron chi connectivity index (χ3n) is 1.95. The molecular weight excluding hydrogens is 389 g/mol. The molecule has 23 heavy (non-hydrogen) atoms. The molecule has 11 heteroatoms. The Morgan fingerprint density at radius 2 is 1.43 bits per heavy atom. The van der Waals surface area contributed by atoms with Crippen molar-refractivity contribution in [2.24, 2.45) is 0 Å². The molecular formula is C12H9CuF3N2O4S. The van der Waals surface area contributed by atoms with Crippen molar-refractivity contribution >= 4 is 16.5 Å². The van der Waals surface area contributed by atoms with Gasteiger partial charge < -0.3 is 4.18 Å². The van der Waals surface area contributed by atoms with Gasteiger partial charge in [-0.2, -0.15) is 17.2 Å². The van der Waals surface area contributed by atoms with E-state index in [2.05, 4.69) is 14.2 Å². The maximum atomic E-state index is 11.2. The van der Waals surface area contributed by atoms with Crippen LogP contribution in [-0.4, -0.2) is 30.8 Å². The molecule has 2 rings (SSSR count). The molecule has 0 aliphatic rings. The Hall–Kier alpha value is -1.97.